The highest BCUT2D eigenvalue weighted by molar-refractivity contribution is 6.67. The fraction of sp³-hybridized carbons (Fsp3) is 0.350. The number of methoxy groups -OCH3 is 1. The van der Waals surface area contributed by atoms with Gasteiger partial charge in [0.15, 0.2) is 0 Å². The molecule has 26 heavy (non-hydrogen) atoms. The number of hydrogen-bond acceptors (Lipinski definition) is 5. The topological polar surface area (TPSA) is 60.7 Å². The molecule has 0 fully saturated rings. The van der Waals surface area contributed by atoms with Crippen molar-refractivity contribution in [3.8, 4) is 17.6 Å². The molecule has 0 heterocycles. The van der Waals surface area contributed by atoms with E-state index in [9.17, 15) is 0 Å². The van der Waals surface area contributed by atoms with Crippen molar-refractivity contribution >= 4 is 12.4 Å². The van der Waals surface area contributed by atoms with E-state index >= 15 is 0 Å². The second kappa shape index (κ2) is 10.6. The molecule has 0 unspecified atom stereocenters. The first kappa shape index (κ1) is 20.0. The van der Waals surface area contributed by atoms with Gasteiger partial charge in [-0.15, -0.1) is 0 Å². The Balaban J connectivity index is 2.23. The molecule has 0 aliphatic carbocycles. The fourth-order valence-corrected chi connectivity index (χ4v) is 2.72. The maximum atomic E-state index is 8.88. The van der Waals surface area contributed by atoms with E-state index in [4.69, 9.17) is 24.1 Å². The van der Waals surface area contributed by atoms with Crippen LogP contribution in [-0.2, 0) is 20.7 Å². The van der Waals surface area contributed by atoms with Crippen LogP contribution in [0.1, 0.15) is 24.5 Å². The normalized spacial score (nSPS) is 10.4. The summed E-state index contributed by atoms with van der Waals surface area (Å²) in [5, 5.41) is 8.88. The van der Waals surface area contributed by atoms with Gasteiger partial charge in [-0.2, -0.15) is 5.26 Å². The van der Waals surface area contributed by atoms with Crippen LogP contribution in [0.15, 0.2) is 42.5 Å². The predicted octanol–water partition coefficient (Wildman–Crippen LogP) is 3.73. The summed E-state index contributed by atoms with van der Waals surface area (Å²) in [6, 6.07) is 15.0. The summed E-state index contributed by atoms with van der Waals surface area (Å²) in [6.07, 6.45) is 1.96. The lowest BCUT2D eigenvalue weighted by molar-refractivity contribution is -0.0388. The molecule has 0 aromatic heterocycles. The van der Waals surface area contributed by atoms with Gasteiger partial charge < -0.3 is 18.9 Å². The molecular formula is C20H24BNO4. The van der Waals surface area contributed by atoms with Gasteiger partial charge in [-0.1, -0.05) is 19.4 Å². The molecule has 0 aliphatic rings. The van der Waals surface area contributed by atoms with Crippen LogP contribution in [0.5, 0.6) is 11.5 Å². The molecule has 5 nitrogen and oxygen atoms in total. The molecule has 0 amide bonds. The Bertz CT molecular complexity index is 728. The van der Waals surface area contributed by atoms with Gasteiger partial charge in [-0.05, 0) is 53.7 Å². The summed E-state index contributed by atoms with van der Waals surface area (Å²) in [4.78, 5) is 0. The Morgan fingerprint density at radius 1 is 1.04 bits per heavy atom. The minimum atomic E-state index is 0.0186. The van der Waals surface area contributed by atoms with Crippen molar-refractivity contribution in [2.75, 3.05) is 21.0 Å². The van der Waals surface area contributed by atoms with E-state index in [1.807, 2.05) is 18.2 Å². The van der Waals surface area contributed by atoms with Gasteiger partial charge in [0.05, 0.1) is 18.2 Å². The maximum absolute atomic E-state index is 8.88. The van der Waals surface area contributed by atoms with Crippen LogP contribution in [0.25, 0.3) is 0 Å². The zero-order chi connectivity index (χ0) is 18.8. The summed E-state index contributed by atoms with van der Waals surface area (Å²) in [5.74, 6) is 1.39. The molecule has 0 atom stereocenters. The molecule has 0 spiro atoms. The van der Waals surface area contributed by atoms with Crippen LogP contribution in [-0.4, -0.2) is 27.9 Å². The molecule has 0 saturated heterocycles. The van der Waals surface area contributed by atoms with Crippen LogP contribution in [0.2, 0.25) is 6.32 Å². The van der Waals surface area contributed by atoms with E-state index in [0.717, 1.165) is 23.8 Å². The fourth-order valence-electron chi connectivity index (χ4n) is 2.72. The SMILES string of the molecule is CCCB(OC)c1ccc(Oc2ccc(C#N)cc2)cc1COCOC. The quantitative estimate of drug-likeness (QED) is 0.370. The van der Waals surface area contributed by atoms with Gasteiger partial charge in [-0.25, -0.2) is 0 Å². The molecule has 0 bridgehead atoms. The summed E-state index contributed by atoms with van der Waals surface area (Å²) in [6.45, 7) is 2.79. The zero-order valence-corrected chi connectivity index (χ0v) is 15.5. The van der Waals surface area contributed by atoms with E-state index in [1.165, 1.54) is 0 Å². The van der Waals surface area contributed by atoms with Gasteiger partial charge in [0.1, 0.15) is 18.3 Å². The third kappa shape index (κ3) is 5.60. The lowest BCUT2D eigenvalue weighted by Gasteiger charge is -2.17. The summed E-state index contributed by atoms with van der Waals surface area (Å²) < 4.78 is 22.1. The Morgan fingerprint density at radius 2 is 1.77 bits per heavy atom. The summed E-state index contributed by atoms with van der Waals surface area (Å²) in [5.41, 5.74) is 2.70. The van der Waals surface area contributed by atoms with Gasteiger partial charge in [-0.3, -0.25) is 0 Å². The van der Waals surface area contributed by atoms with E-state index in [2.05, 4.69) is 13.0 Å². The molecule has 136 valence electrons. The van der Waals surface area contributed by atoms with Crippen molar-refractivity contribution in [2.45, 2.75) is 26.3 Å². The van der Waals surface area contributed by atoms with Crippen molar-refractivity contribution in [3.05, 3.63) is 53.6 Å². The molecule has 2 aromatic carbocycles. The van der Waals surface area contributed by atoms with E-state index in [0.29, 0.717) is 23.7 Å². The third-order valence-electron chi connectivity index (χ3n) is 3.97. The van der Waals surface area contributed by atoms with Crippen molar-refractivity contribution in [1.29, 1.82) is 5.26 Å². The number of nitrogens with zero attached hydrogens (tertiary/aromatic N) is 1. The van der Waals surface area contributed by atoms with E-state index in [1.54, 1.807) is 38.5 Å². The number of benzene rings is 2. The third-order valence-corrected chi connectivity index (χ3v) is 3.97. The summed E-state index contributed by atoms with van der Waals surface area (Å²) in [7, 11) is 3.32. The molecular weight excluding hydrogens is 329 g/mol. The number of nitriles is 1. The van der Waals surface area contributed by atoms with Gasteiger partial charge in [0, 0.05) is 14.2 Å². The van der Waals surface area contributed by atoms with Crippen LogP contribution in [0, 0.1) is 11.3 Å². The van der Waals surface area contributed by atoms with Crippen molar-refractivity contribution < 1.29 is 18.9 Å². The lowest BCUT2D eigenvalue weighted by Crippen LogP contribution is -2.35. The number of rotatable bonds is 10. The highest BCUT2D eigenvalue weighted by atomic mass is 16.7. The van der Waals surface area contributed by atoms with Gasteiger partial charge in [0.25, 0.3) is 0 Å². The average molecular weight is 353 g/mol. The second-order valence-electron chi connectivity index (χ2n) is 5.87. The minimum Gasteiger partial charge on any atom is -0.457 e. The number of hydrogen-bond donors (Lipinski definition) is 0. The molecule has 0 saturated carbocycles. The minimum absolute atomic E-state index is 0.0186. The van der Waals surface area contributed by atoms with Crippen molar-refractivity contribution in [2.24, 2.45) is 0 Å². The van der Waals surface area contributed by atoms with E-state index in [-0.39, 0.29) is 13.7 Å². The summed E-state index contributed by atoms with van der Waals surface area (Å²) >= 11 is 0. The molecule has 0 aliphatic heterocycles. The first-order valence-corrected chi connectivity index (χ1v) is 8.62. The highest BCUT2D eigenvalue weighted by Crippen LogP contribution is 2.23. The average Bonchev–Trinajstić information content (AvgIpc) is 2.67. The molecule has 2 aromatic rings. The zero-order valence-electron chi connectivity index (χ0n) is 15.5. The highest BCUT2D eigenvalue weighted by Gasteiger charge is 2.20. The van der Waals surface area contributed by atoms with Crippen LogP contribution in [0.3, 0.4) is 0 Å². The standard InChI is InChI=1S/C20H24BNO4/c1-4-11-21(24-3)20-10-9-19(12-17(20)14-25-15-23-2)26-18-7-5-16(13-22)6-8-18/h5-10,12H,4,11,14-15H2,1-3H3. The van der Waals surface area contributed by atoms with Crippen molar-refractivity contribution in [3.63, 3.8) is 0 Å². The first-order chi connectivity index (χ1) is 12.7. The molecule has 0 radical (unpaired) electrons. The Labute approximate surface area is 155 Å². The monoisotopic (exact) mass is 353 g/mol. The number of ether oxygens (including phenoxy) is 3. The lowest BCUT2D eigenvalue weighted by atomic mass is 9.56. The van der Waals surface area contributed by atoms with Crippen LogP contribution >= 0.6 is 0 Å². The Morgan fingerprint density at radius 3 is 2.38 bits per heavy atom. The Hall–Kier alpha value is -2.33. The largest absolute Gasteiger partial charge is 0.457 e. The predicted molar refractivity (Wildman–Crippen MR) is 102 cm³/mol. The second-order valence-corrected chi connectivity index (χ2v) is 5.87. The molecule has 0 N–H and O–H groups in total. The molecule has 2 rings (SSSR count). The van der Waals surface area contributed by atoms with Crippen LogP contribution in [0.4, 0.5) is 0 Å². The van der Waals surface area contributed by atoms with Crippen LogP contribution < -0.4 is 10.2 Å². The molecule has 6 heteroatoms. The smallest absolute Gasteiger partial charge is 0.326 e. The Kier molecular flexibility index (Phi) is 8.16. The van der Waals surface area contributed by atoms with E-state index < -0.39 is 0 Å². The maximum Gasteiger partial charge on any atom is 0.326 e. The van der Waals surface area contributed by atoms with Crippen molar-refractivity contribution in [1.82, 2.24) is 0 Å². The van der Waals surface area contributed by atoms with Gasteiger partial charge in [0.2, 0.25) is 0 Å². The van der Waals surface area contributed by atoms with Gasteiger partial charge >= 0.3 is 6.92 Å². The first-order valence-electron chi connectivity index (χ1n) is 8.62.